The first kappa shape index (κ1) is 9.94. The minimum absolute atomic E-state index is 0.485. The van der Waals surface area contributed by atoms with Crippen LogP contribution in [0.25, 0.3) is 0 Å². The van der Waals surface area contributed by atoms with Crippen LogP contribution in [0.3, 0.4) is 0 Å². The van der Waals surface area contributed by atoms with Crippen LogP contribution in [0.1, 0.15) is 6.92 Å². The van der Waals surface area contributed by atoms with Gasteiger partial charge >= 0.3 is 11.9 Å². The summed E-state index contributed by atoms with van der Waals surface area (Å²) in [6.07, 6.45) is -3.57. The molecule has 1 rings (SSSR count). The Bertz CT molecular complexity index is 225. The first-order valence-corrected chi connectivity index (χ1v) is 3.73. The van der Waals surface area contributed by atoms with Crippen molar-refractivity contribution in [2.75, 3.05) is 6.61 Å². The highest BCUT2D eigenvalue weighted by Crippen LogP contribution is 2.18. The lowest BCUT2D eigenvalue weighted by Crippen LogP contribution is -2.37. The highest BCUT2D eigenvalue weighted by molar-refractivity contribution is 5.78. The molecule has 1 saturated heterocycles. The maximum atomic E-state index is 10.8. The van der Waals surface area contributed by atoms with Crippen LogP contribution < -0.4 is 0 Å². The number of carbonyl (C=O) groups is 2. The Balaban J connectivity index is 2.67. The first-order valence-electron chi connectivity index (χ1n) is 3.73. The van der Waals surface area contributed by atoms with Crippen LogP contribution in [0.4, 0.5) is 0 Å². The Morgan fingerprint density at radius 2 is 2.31 bits per heavy atom. The molecule has 3 unspecified atom stereocenters. The van der Waals surface area contributed by atoms with Crippen molar-refractivity contribution in [1.82, 2.24) is 0 Å². The monoisotopic (exact) mass is 190 g/mol. The van der Waals surface area contributed by atoms with E-state index in [1.165, 1.54) is 0 Å². The van der Waals surface area contributed by atoms with Gasteiger partial charge in [-0.1, -0.05) is 0 Å². The van der Waals surface area contributed by atoms with Crippen molar-refractivity contribution in [2.24, 2.45) is 0 Å². The highest BCUT2D eigenvalue weighted by atomic mass is 16.6. The lowest BCUT2D eigenvalue weighted by molar-refractivity contribution is -0.153. The zero-order valence-corrected chi connectivity index (χ0v) is 6.97. The Kier molecular flexibility index (Phi) is 2.84. The molecule has 1 heterocycles. The number of esters is 2. The summed E-state index contributed by atoms with van der Waals surface area (Å²) in [7, 11) is 0. The molecule has 74 valence electrons. The van der Waals surface area contributed by atoms with Crippen molar-refractivity contribution < 1.29 is 29.3 Å². The molecule has 0 aromatic carbocycles. The molecule has 1 aliphatic heterocycles. The van der Waals surface area contributed by atoms with E-state index in [0.29, 0.717) is 0 Å². The van der Waals surface area contributed by atoms with Gasteiger partial charge < -0.3 is 19.7 Å². The van der Waals surface area contributed by atoms with Gasteiger partial charge in [-0.15, -0.1) is 0 Å². The molecule has 6 heteroatoms. The van der Waals surface area contributed by atoms with Crippen LogP contribution in [0.5, 0.6) is 0 Å². The zero-order chi connectivity index (χ0) is 10.0. The molecular weight excluding hydrogens is 180 g/mol. The molecule has 3 atom stereocenters. The Hall–Kier alpha value is -1.14. The summed E-state index contributed by atoms with van der Waals surface area (Å²) in [4.78, 5) is 21.3. The molecule has 0 bridgehead atoms. The fourth-order valence-electron chi connectivity index (χ4n) is 1.10. The van der Waals surface area contributed by atoms with Crippen molar-refractivity contribution in [3.05, 3.63) is 0 Å². The third-order valence-electron chi connectivity index (χ3n) is 1.67. The van der Waals surface area contributed by atoms with Gasteiger partial charge in [0, 0.05) is 6.92 Å². The van der Waals surface area contributed by atoms with E-state index in [1.54, 1.807) is 0 Å². The molecule has 0 saturated carbocycles. The van der Waals surface area contributed by atoms with E-state index in [1.807, 2.05) is 0 Å². The SMILES string of the molecule is CC(=O)OC1C(CO)OC(=O)C1O. The average molecular weight is 190 g/mol. The van der Waals surface area contributed by atoms with Gasteiger partial charge in [0.2, 0.25) is 0 Å². The second-order valence-corrected chi connectivity index (χ2v) is 2.68. The van der Waals surface area contributed by atoms with Crippen LogP contribution in [0, 0.1) is 0 Å². The fourth-order valence-corrected chi connectivity index (χ4v) is 1.10. The number of cyclic esters (lactones) is 1. The lowest BCUT2D eigenvalue weighted by Gasteiger charge is -2.15. The molecular formula is C7H10O6. The van der Waals surface area contributed by atoms with E-state index in [0.717, 1.165) is 6.92 Å². The predicted molar refractivity (Wildman–Crippen MR) is 38.5 cm³/mol. The van der Waals surface area contributed by atoms with E-state index < -0.39 is 36.9 Å². The maximum absolute atomic E-state index is 10.8. The lowest BCUT2D eigenvalue weighted by atomic mass is 10.1. The molecule has 0 aromatic rings. The smallest absolute Gasteiger partial charge is 0.339 e. The zero-order valence-electron chi connectivity index (χ0n) is 6.97. The molecule has 0 aromatic heterocycles. The Labute approximate surface area is 74.1 Å². The number of hydrogen-bond donors (Lipinski definition) is 2. The quantitative estimate of drug-likeness (QED) is 0.499. The molecule has 0 aliphatic carbocycles. The second-order valence-electron chi connectivity index (χ2n) is 2.68. The van der Waals surface area contributed by atoms with Crippen LogP contribution in [0.2, 0.25) is 0 Å². The molecule has 13 heavy (non-hydrogen) atoms. The van der Waals surface area contributed by atoms with Crippen molar-refractivity contribution in [2.45, 2.75) is 25.2 Å². The molecule has 0 amide bonds. The molecule has 0 spiro atoms. The summed E-state index contributed by atoms with van der Waals surface area (Å²) in [6.45, 7) is 0.657. The number of aliphatic hydroxyl groups excluding tert-OH is 2. The number of carbonyl (C=O) groups excluding carboxylic acids is 2. The highest BCUT2D eigenvalue weighted by Gasteiger charge is 2.45. The largest absolute Gasteiger partial charge is 0.455 e. The second kappa shape index (κ2) is 3.71. The van der Waals surface area contributed by atoms with Crippen LogP contribution in [-0.4, -0.2) is 47.1 Å². The number of ether oxygens (including phenoxy) is 2. The minimum Gasteiger partial charge on any atom is -0.455 e. The summed E-state index contributed by atoms with van der Waals surface area (Å²) in [6, 6.07) is 0. The normalized spacial score (nSPS) is 32.8. The summed E-state index contributed by atoms with van der Waals surface area (Å²) >= 11 is 0. The van der Waals surface area contributed by atoms with E-state index >= 15 is 0 Å². The van der Waals surface area contributed by atoms with Gasteiger partial charge in [-0.25, -0.2) is 4.79 Å². The maximum Gasteiger partial charge on any atom is 0.339 e. The third-order valence-corrected chi connectivity index (χ3v) is 1.67. The minimum atomic E-state index is -1.50. The topological polar surface area (TPSA) is 93.1 Å². The Morgan fingerprint density at radius 3 is 2.77 bits per heavy atom. The predicted octanol–water partition coefficient (Wildman–Crippen LogP) is -1.80. The van der Waals surface area contributed by atoms with Gasteiger partial charge in [0.05, 0.1) is 6.61 Å². The molecule has 1 fully saturated rings. The van der Waals surface area contributed by atoms with E-state index in [2.05, 4.69) is 9.47 Å². The fraction of sp³-hybridized carbons (Fsp3) is 0.714. The van der Waals surface area contributed by atoms with E-state index in [-0.39, 0.29) is 0 Å². The van der Waals surface area contributed by atoms with Gasteiger partial charge in [-0.2, -0.15) is 0 Å². The molecule has 2 N–H and O–H groups in total. The summed E-state index contributed by atoms with van der Waals surface area (Å²) in [5.41, 5.74) is 0. The first-order chi connectivity index (χ1) is 6.06. The van der Waals surface area contributed by atoms with Gasteiger partial charge in [0.25, 0.3) is 0 Å². The standard InChI is InChI=1S/C7H10O6/c1-3(9)12-6-4(2-8)13-7(11)5(6)10/h4-6,8,10H,2H2,1H3. The van der Waals surface area contributed by atoms with Crippen LogP contribution in [0.15, 0.2) is 0 Å². The number of rotatable bonds is 2. The van der Waals surface area contributed by atoms with Gasteiger partial charge in [-0.05, 0) is 0 Å². The van der Waals surface area contributed by atoms with Gasteiger partial charge in [0.15, 0.2) is 18.3 Å². The average Bonchev–Trinajstić information content (AvgIpc) is 2.31. The van der Waals surface area contributed by atoms with Crippen LogP contribution >= 0.6 is 0 Å². The van der Waals surface area contributed by atoms with Gasteiger partial charge in [0.1, 0.15) is 0 Å². The molecule has 0 radical (unpaired) electrons. The summed E-state index contributed by atoms with van der Waals surface area (Å²) < 4.78 is 9.12. The number of hydrogen-bond acceptors (Lipinski definition) is 6. The number of aliphatic hydroxyl groups is 2. The summed E-state index contributed by atoms with van der Waals surface area (Å²) in [5, 5.41) is 17.9. The van der Waals surface area contributed by atoms with E-state index in [9.17, 15) is 9.59 Å². The third kappa shape index (κ3) is 1.96. The van der Waals surface area contributed by atoms with Crippen molar-refractivity contribution >= 4 is 11.9 Å². The van der Waals surface area contributed by atoms with Crippen LogP contribution in [-0.2, 0) is 19.1 Å². The van der Waals surface area contributed by atoms with Crippen molar-refractivity contribution in [3.63, 3.8) is 0 Å². The van der Waals surface area contributed by atoms with Crippen molar-refractivity contribution in [1.29, 1.82) is 0 Å². The Morgan fingerprint density at radius 1 is 1.69 bits per heavy atom. The van der Waals surface area contributed by atoms with E-state index in [4.69, 9.17) is 10.2 Å². The van der Waals surface area contributed by atoms with Gasteiger partial charge in [-0.3, -0.25) is 4.79 Å². The summed E-state index contributed by atoms with van der Waals surface area (Å²) in [5.74, 6) is -1.52. The molecule has 6 nitrogen and oxygen atoms in total. The molecule has 1 aliphatic rings. The van der Waals surface area contributed by atoms with Crippen molar-refractivity contribution in [3.8, 4) is 0 Å².